The normalized spacial score (nSPS) is 18.9. The SMILES string of the molecule is O=C(O)CC1CCCCN1c1cccc(F)c1[N+](=O)[O-]. The Labute approximate surface area is 115 Å². The molecule has 1 atom stereocenters. The minimum atomic E-state index is -0.957. The van der Waals surface area contributed by atoms with Gasteiger partial charge in [0.15, 0.2) is 0 Å². The van der Waals surface area contributed by atoms with Crippen molar-refractivity contribution in [3.8, 4) is 0 Å². The lowest BCUT2D eigenvalue weighted by Gasteiger charge is -2.36. The molecule has 1 aromatic rings. The molecule has 0 bridgehead atoms. The number of nitro groups is 1. The molecule has 108 valence electrons. The van der Waals surface area contributed by atoms with Crippen LogP contribution in [-0.2, 0) is 4.79 Å². The number of para-hydroxylation sites is 1. The van der Waals surface area contributed by atoms with Gasteiger partial charge in [0.25, 0.3) is 0 Å². The number of halogens is 1. The van der Waals surface area contributed by atoms with Crippen molar-refractivity contribution in [1.29, 1.82) is 0 Å². The van der Waals surface area contributed by atoms with E-state index in [4.69, 9.17) is 5.11 Å². The number of carboxylic acid groups (broad SMARTS) is 1. The Balaban J connectivity index is 2.39. The average Bonchev–Trinajstić information content (AvgIpc) is 2.38. The van der Waals surface area contributed by atoms with Gasteiger partial charge in [0.05, 0.1) is 11.3 Å². The number of piperidine rings is 1. The van der Waals surface area contributed by atoms with Gasteiger partial charge in [0, 0.05) is 12.6 Å². The third-order valence-electron chi connectivity index (χ3n) is 3.49. The monoisotopic (exact) mass is 282 g/mol. The van der Waals surface area contributed by atoms with Gasteiger partial charge in [-0.25, -0.2) is 0 Å². The van der Waals surface area contributed by atoms with Crippen molar-refractivity contribution >= 4 is 17.3 Å². The van der Waals surface area contributed by atoms with Crippen molar-refractivity contribution in [3.05, 3.63) is 34.1 Å². The standard InChI is InChI=1S/C13H15FN2O4/c14-10-5-3-6-11(13(10)16(19)20)15-7-2-1-4-9(15)8-12(17)18/h3,5-6,9H,1-2,4,7-8H2,(H,17,18). The number of hydrogen-bond donors (Lipinski definition) is 1. The van der Waals surface area contributed by atoms with Crippen LogP contribution in [0.3, 0.4) is 0 Å². The van der Waals surface area contributed by atoms with E-state index in [1.54, 1.807) is 4.90 Å². The molecule has 0 radical (unpaired) electrons. The van der Waals surface area contributed by atoms with E-state index in [2.05, 4.69) is 0 Å². The summed E-state index contributed by atoms with van der Waals surface area (Å²) in [5.41, 5.74) is -0.411. The van der Waals surface area contributed by atoms with Crippen LogP contribution in [0.1, 0.15) is 25.7 Å². The summed E-state index contributed by atoms with van der Waals surface area (Å²) < 4.78 is 13.7. The Morgan fingerprint density at radius 2 is 2.25 bits per heavy atom. The van der Waals surface area contributed by atoms with E-state index in [-0.39, 0.29) is 18.2 Å². The number of anilines is 1. The molecular weight excluding hydrogens is 267 g/mol. The van der Waals surface area contributed by atoms with Gasteiger partial charge in [0.1, 0.15) is 5.69 Å². The van der Waals surface area contributed by atoms with Crippen molar-refractivity contribution in [2.75, 3.05) is 11.4 Å². The minimum Gasteiger partial charge on any atom is -0.481 e. The van der Waals surface area contributed by atoms with Crippen molar-refractivity contribution in [2.24, 2.45) is 0 Å². The minimum absolute atomic E-state index is 0.104. The van der Waals surface area contributed by atoms with Crippen molar-refractivity contribution in [3.63, 3.8) is 0 Å². The number of nitrogens with zero attached hydrogens (tertiary/aromatic N) is 2. The largest absolute Gasteiger partial charge is 0.481 e. The van der Waals surface area contributed by atoms with E-state index in [0.29, 0.717) is 13.0 Å². The van der Waals surface area contributed by atoms with E-state index in [0.717, 1.165) is 18.9 Å². The van der Waals surface area contributed by atoms with Gasteiger partial charge < -0.3 is 10.0 Å². The molecule has 7 heteroatoms. The summed E-state index contributed by atoms with van der Waals surface area (Å²) in [5.74, 6) is -1.85. The zero-order chi connectivity index (χ0) is 14.7. The summed E-state index contributed by atoms with van der Waals surface area (Å²) in [6.45, 7) is 0.502. The van der Waals surface area contributed by atoms with E-state index >= 15 is 0 Å². The molecule has 6 nitrogen and oxygen atoms in total. The molecule has 1 fully saturated rings. The van der Waals surface area contributed by atoms with Crippen LogP contribution in [0.15, 0.2) is 18.2 Å². The first-order valence-corrected chi connectivity index (χ1v) is 6.42. The van der Waals surface area contributed by atoms with Crippen LogP contribution in [0.25, 0.3) is 0 Å². The number of hydrogen-bond acceptors (Lipinski definition) is 4. The maximum absolute atomic E-state index is 13.7. The number of carboxylic acids is 1. The van der Waals surface area contributed by atoms with Gasteiger partial charge in [-0.3, -0.25) is 14.9 Å². The number of carbonyl (C=O) groups is 1. The van der Waals surface area contributed by atoms with Crippen molar-refractivity contribution < 1.29 is 19.2 Å². The van der Waals surface area contributed by atoms with Gasteiger partial charge in [-0.15, -0.1) is 0 Å². The van der Waals surface area contributed by atoms with Crippen LogP contribution in [-0.4, -0.2) is 28.6 Å². The van der Waals surface area contributed by atoms with Crippen LogP contribution < -0.4 is 4.90 Å². The Morgan fingerprint density at radius 3 is 2.90 bits per heavy atom. The van der Waals surface area contributed by atoms with Crippen molar-refractivity contribution in [2.45, 2.75) is 31.7 Å². The van der Waals surface area contributed by atoms with Crippen LogP contribution >= 0.6 is 0 Å². The summed E-state index contributed by atoms with van der Waals surface area (Å²) in [4.78, 5) is 22.8. The Kier molecular flexibility index (Phi) is 4.16. The molecule has 1 aromatic carbocycles. The highest BCUT2D eigenvalue weighted by Gasteiger charge is 2.31. The highest BCUT2D eigenvalue weighted by molar-refractivity contribution is 5.70. The first kappa shape index (κ1) is 14.2. The Hall–Kier alpha value is -2.18. The average molecular weight is 282 g/mol. The molecular formula is C13H15FN2O4. The second-order valence-corrected chi connectivity index (χ2v) is 4.81. The fraction of sp³-hybridized carbons (Fsp3) is 0.462. The molecule has 20 heavy (non-hydrogen) atoms. The summed E-state index contributed by atoms with van der Waals surface area (Å²) in [6, 6.07) is 3.59. The van der Waals surface area contributed by atoms with E-state index in [9.17, 15) is 19.3 Å². The first-order chi connectivity index (χ1) is 9.50. The quantitative estimate of drug-likeness (QED) is 0.677. The zero-order valence-corrected chi connectivity index (χ0v) is 10.8. The molecule has 0 aromatic heterocycles. The molecule has 0 aliphatic carbocycles. The topological polar surface area (TPSA) is 83.7 Å². The van der Waals surface area contributed by atoms with Gasteiger partial charge in [-0.1, -0.05) is 6.07 Å². The first-order valence-electron chi connectivity index (χ1n) is 6.42. The lowest BCUT2D eigenvalue weighted by Crippen LogP contribution is -2.41. The lowest BCUT2D eigenvalue weighted by atomic mass is 9.98. The molecule has 1 heterocycles. The summed E-state index contributed by atoms with van der Waals surface area (Å²) >= 11 is 0. The predicted octanol–water partition coefficient (Wildman–Crippen LogP) is 2.57. The highest BCUT2D eigenvalue weighted by atomic mass is 19.1. The number of benzene rings is 1. The van der Waals surface area contributed by atoms with E-state index in [1.807, 2.05) is 0 Å². The van der Waals surface area contributed by atoms with Gasteiger partial charge in [0.2, 0.25) is 5.82 Å². The summed E-state index contributed by atoms with van der Waals surface area (Å²) in [5, 5.41) is 20.0. The second kappa shape index (κ2) is 5.85. The van der Waals surface area contributed by atoms with E-state index < -0.39 is 22.4 Å². The van der Waals surface area contributed by atoms with Crippen LogP contribution in [0.4, 0.5) is 15.8 Å². The fourth-order valence-corrected chi connectivity index (χ4v) is 2.65. The third-order valence-corrected chi connectivity index (χ3v) is 3.49. The van der Waals surface area contributed by atoms with Gasteiger partial charge >= 0.3 is 11.7 Å². The molecule has 1 N–H and O–H groups in total. The molecule has 1 unspecified atom stereocenters. The van der Waals surface area contributed by atoms with Gasteiger partial charge in [-0.2, -0.15) is 4.39 Å². The Morgan fingerprint density at radius 1 is 1.50 bits per heavy atom. The molecule has 1 saturated heterocycles. The van der Waals surface area contributed by atoms with Crippen LogP contribution in [0, 0.1) is 15.9 Å². The molecule has 1 aliphatic rings. The van der Waals surface area contributed by atoms with Gasteiger partial charge in [-0.05, 0) is 31.4 Å². The predicted molar refractivity (Wildman–Crippen MR) is 70.3 cm³/mol. The fourth-order valence-electron chi connectivity index (χ4n) is 2.65. The molecule has 2 rings (SSSR count). The smallest absolute Gasteiger partial charge is 0.327 e. The summed E-state index contributed by atoms with van der Waals surface area (Å²) in [6.07, 6.45) is 2.22. The number of nitro benzene ring substituents is 1. The van der Waals surface area contributed by atoms with Crippen LogP contribution in [0.5, 0.6) is 0 Å². The molecule has 0 spiro atoms. The third kappa shape index (κ3) is 2.87. The maximum Gasteiger partial charge on any atom is 0.327 e. The number of aliphatic carboxylic acids is 1. The second-order valence-electron chi connectivity index (χ2n) is 4.81. The lowest BCUT2D eigenvalue weighted by molar-refractivity contribution is -0.386. The van der Waals surface area contributed by atoms with E-state index in [1.165, 1.54) is 12.1 Å². The highest BCUT2D eigenvalue weighted by Crippen LogP contribution is 2.35. The summed E-state index contributed by atoms with van der Waals surface area (Å²) in [7, 11) is 0. The molecule has 1 aliphatic heterocycles. The number of rotatable bonds is 4. The zero-order valence-electron chi connectivity index (χ0n) is 10.8. The van der Waals surface area contributed by atoms with Crippen LogP contribution in [0.2, 0.25) is 0 Å². The molecule has 0 saturated carbocycles. The maximum atomic E-state index is 13.7. The van der Waals surface area contributed by atoms with Crippen molar-refractivity contribution in [1.82, 2.24) is 0 Å². The Bertz CT molecular complexity index is 535. The molecule has 0 amide bonds.